The Kier molecular flexibility index (Phi) is 5.96. The standard InChI is InChI=1S/C32H29ClN4O/c1-32(2,3)34-29-25-16-10-11-17-26(25)30-35(21-22-12-6-4-7-13-22)28-19-18-23(33)20-27(28)31(38)37(30)36(29)24-14-8-5-9-15-24/h4-20,30H,21H2,1-3H3. The van der Waals surface area contributed by atoms with Crippen LogP contribution in [0.5, 0.6) is 0 Å². The summed E-state index contributed by atoms with van der Waals surface area (Å²) < 4.78 is 0. The van der Waals surface area contributed by atoms with Crippen LogP contribution in [-0.2, 0) is 6.54 Å². The summed E-state index contributed by atoms with van der Waals surface area (Å²) in [4.78, 5) is 21.9. The van der Waals surface area contributed by atoms with Crippen molar-refractivity contribution in [1.29, 1.82) is 0 Å². The summed E-state index contributed by atoms with van der Waals surface area (Å²) in [6, 6.07) is 34.2. The number of para-hydroxylation sites is 1. The zero-order valence-corrected chi connectivity index (χ0v) is 22.4. The van der Waals surface area contributed by atoms with Crippen LogP contribution in [-0.4, -0.2) is 22.3 Å². The minimum absolute atomic E-state index is 0.114. The van der Waals surface area contributed by atoms with Gasteiger partial charge in [-0.1, -0.05) is 84.4 Å². The SMILES string of the molecule is CC(C)(C)N=C1c2ccccc2C2N(Cc3ccccc3)c3ccc(Cl)cc3C(=O)N2N1c1ccccc1. The van der Waals surface area contributed by atoms with Crippen LogP contribution in [0.15, 0.2) is 108 Å². The van der Waals surface area contributed by atoms with Crippen molar-refractivity contribution in [3.8, 4) is 0 Å². The molecule has 0 aliphatic carbocycles. The molecule has 1 amide bonds. The maximum absolute atomic E-state index is 14.4. The Bertz CT molecular complexity index is 1530. The molecule has 2 heterocycles. The molecule has 1 unspecified atom stereocenters. The first-order valence-electron chi connectivity index (χ1n) is 12.8. The van der Waals surface area contributed by atoms with Crippen LogP contribution >= 0.6 is 11.6 Å². The first-order chi connectivity index (χ1) is 18.3. The molecule has 0 saturated carbocycles. The van der Waals surface area contributed by atoms with E-state index in [1.807, 2.05) is 82.8 Å². The quantitative estimate of drug-likeness (QED) is 0.281. The van der Waals surface area contributed by atoms with E-state index in [1.54, 1.807) is 6.07 Å². The van der Waals surface area contributed by atoms with Gasteiger partial charge in [0.15, 0.2) is 12.0 Å². The first-order valence-corrected chi connectivity index (χ1v) is 13.2. The summed E-state index contributed by atoms with van der Waals surface area (Å²) in [5.74, 6) is 0.630. The highest BCUT2D eigenvalue weighted by Crippen LogP contribution is 2.46. The number of carbonyl (C=O) groups is 1. The number of rotatable bonds is 3. The molecule has 6 rings (SSSR count). The smallest absolute Gasteiger partial charge is 0.277 e. The van der Waals surface area contributed by atoms with Crippen molar-refractivity contribution in [2.75, 3.05) is 9.91 Å². The molecule has 0 fully saturated rings. The molecule has 2 aliphatic rings. The Hall–Kier alpha value is -4.09. The van der Waals surface area contributed by atoms with Gasteiger partial charge in [0.1, 0.15) is 0 Å². The van der Waals surface area contributed by atoms with E-state index in [-0.39, 0.29) is 17.6 Å². The lowest BCUT2D eigenvalue weighted by Gasteiger charge is -2.53. The number of benzene rings is 4. The Morgan fingerprint density at radius 3 is 2.18 bits per heavy atom. The molecule has 6 heteroatoms. The van der Waals surface area contributed by atoms with Gasteiger partial charge >= 0.3 is 0 Å². The Morgan fingerprint density at radius 1 is 0.816 bits per heavy atom. The van der Waals surface area contributed by atoms with Crippen molar-refractivity contribution in [2.24, 2.45) is 4.99 Å². The first kappa shape index (κ1) is 24.3. The average molecular weight is 521 g/mol. The van der Waals surface area contributed by atoms with E-state index in [1.165, 1.54) is 0 Å². The van der Waals surface area contributed by atoms with Gasteiger partial charge in [-0.2, -0.15) is 0 Å². The minimum atomic E-state index is -0.383. The molecule has 4 aromatic carbocycles. The van der Waals surface area contributed by atoms with Crippen LogP contribution in [0.2, 0.25) is 5.02 Å². The predicted octanol–water partition coefficient (Wildman–Crippen LogP) is 7.48. The highest BCUT2D eigenvalue weighted by Gasteiger charge is 2.48. The lowest BCUT2D eigenvalue weighted by Crippen LogP contribution is -2.62. The Balaban J connectivity index is 1.66. The molecule has 0 radical (unpaired) electrons. The molecule has 5 nitrogen and oxygen atoms in total. The Labute approximate surface area is 228 Å². The van der Waals surface area contributed by atoms with Crippen LogP contribution in [0.1, 0.15) is 54.0 Å². The third kappa shape index (κ3) is 4.23. The molecule has 0 saturated heterocycles. The number of halogens is 1. The molecule has 38 heavy (non-hydrogen) atoms. The third-order valence-electron chi connectivity index (χ3n) is 6.77. The van der Waals surface area contributed by atoms with Crippen LogP contribution in [0.25, 0.3) is 0 Å². The molecule has 190 valence electrons. The van der Waals surface area contributed by atoms with Gasteiger partial charge in [0.05, 0.1) is 22.5 Å². The second-order valence-electron chi connectivity index (χ2n) is 10.6. The molecular formula is C32H29ClN4O. The molecule has 2 aliphatic heterocycles. The third-order valence-corrected chi connectivity index (χ3v) is 7.00. The lowest BCUT2D eigenvalue weighted by molar-refractivity contribution is 0.0644. The summed E-state index contributed by atoms with van der Waals surface area (Å²) in [6.07, 6.45) is -0.383. The molecule has 1 atom stereocenters. The van der Waals surface area contributed by atoms with Crippen LogP contribution in [0.3, 0.4) is 0 Å². The van der Waals surface area contributed by atoms with E-state index < -0.39 is 0 Å². The van der Waals surface area contributed by atoms with Crippen LogP contribution in [0, 0.1) is 0 Å². The molecule has 4 aromatic rings. The normalized spacial score (nSPS) is 17.8. The molecule has 0 N–H and O–H groups in total. The van der Waals surface area contributed by atoms with Crippen molar-refractivity contribution in [3.63, 3.8) is 0 Å². The number of aliphatic imine (C=N–C) groups is 1. The van der Waals surface area contributed by atoms with Gasteiger partial charge < -0.3 is 4.90 Å². The van der Waals surface area contributed by atoms with Crippen molar-refractivity contribution < 1.29 is 4.79 Å². The second kappa shape index (κ2) is 9.34. The second-order valence-corrected chi connectivity index (χ2v) is 11.1. The number of anilines is 2. The average Bonchev–Trinajstić information content (AvgIpc) is 2.91. The number of hydrazine groups is 1. The molecular weight excluding hydrogens is 492 g/mol. The van der Waals surface area contributed by atoms with Crippen LogP contribution in [0.4, 0.5) is 11.4 Å². The molecule has 0 bridgehead atoms. The number of hydrogen-bond donors (Lipinski definition) is 0. The summed E-state index contributed by atoms with van der Waals surface area (Å²) >= 11 is 6.45. The number of hydrogen-bond acceptors (Lipinski definition) is 3. The minimum Gasteiger partial charge on any atom is -0.341 e. The fourth-order valence-electron chi connectivity index (χ4n) is 5.26. The summed E-state index contributed by atoms with van der Waals surface area (Å²) in [5.41, 5.74) is 5.13. The molecule has 0 spiro atoms. The van der Waals surface area contributed by atoms with E-state index in [0.29, 0.717) is 17.1 Å². The predicted molar refractivity (Wildman–Crippen MR) is 155 cm³/mol. The number of nitrogens with zero attached hydrogens (tertiary/aromatic N) is 4. The summed E-state index contributed by atoms with van der Waals surface area (Å²) in [6.45, 7) is 6.85. The number of amides is 1. The zero-order valence-electron chi connectivity index (χ0n) is 21.7. The highest BCUT2D eigenvalue weighted by molar-refractivity contribution is 6.31. The van der Waals surface area contributed by atoms with Crippen LogP contribution < -0.4 is 9.91 Å². The van der Waals surface area contributed by atoms with Gasteiger partial charge in [0.25, 0.3) is 5.91 Å². The largest absolute Gasteiger partial charge is 0.341 e. The zero-order chi connectivity index (χ0) is 26.4. The van der Waals surface area contributed by atoms with Gasteiger partial charge in [-0.05, 0) is 56.7 Å². The van der Waals surface area contributed by atoms with Crippen molar-refractivity contribution in [3.05, 3.63) is 130 Å². The van der Waals surface area contributed by atoms with E-state index in [2.05, 4.69) is 49.9 Å². The number of fused-ring (bicyclic) bond motifs is 4. The van der Waals surface area contributed by atoms with Gasteiger partial charge in [-0.15, -0.1) is 0 Å². The van der Waals surface area contributed by atoms with E-state index in [4.69, 9.17) is 16.6 Å². The lowest BCUT2D eigenvalue weighted by atomic mass is 9.94. The van der Waals surface area contributed by atoms with Gasteiger partial charge in [-0.25, -0.2) is 10.0 Å². The van der Waals surface area contributed by atoms with Crippen molar-refractivity contribution in [2.45, 2.75) is 39.0 Å². The maximum atomic E-state index is 14.4. The summed E-state index contributed by atoms with van der Waals surface area (Å²) in [7, 11) is 0. The van der Waals surface area contributed by atoms with Gasteiger partial charge in [0.2, 0.25) is 0 Å². The van der Waals surface area contributed by atoms with E-state index in [9.17, 15) is 4.79 Å². The van der Waals surface area contributed by atoms with Crippen molar-refractivity contribution >= 4 is 34.7 Å². The summed E-state index contributed by atoms with van der Waals surface area (Å²) in [5, 5.41) is 4.37. The molecule has 0 aromatic heterocycles. The maximum Gasteiger partial charge on any atom is 0.277 e. The fourth-order valence-corrected chi connectivity index (χ4v) is 5.44. The van der Waals surface area contributed by atoms with Crippen molar-refractivity contribution in [1.82, 2.24) is 5.01 Å². The number of amidine groups is 1. The monoisotopic (exact) mass is 520 g/mol. The highest BCUT2D eigenvalue weighted by atomic mass is 35.5. The van der Waals surface area contributed by atoms with E-state index >= 15 is 0 Å². The van der Waals surface area contributed by atoms with Gasteiger partial charge in [-0.3, -0.25) is 9.79 Å². The Morgan fingerprint density at radius 2 is 1.47 bits per heavy atom. The fraction of sp³-hybridized carbons (Fsp3) is 0.188. The number of carbonyl (C=O) groups excluding carboxylic acids is 1. The van der Waals surface area contributed by atoms with E-state index in [0.717, 1.165) is 33.9 Å². The topological polar surface area (TPSA) is 39.2 Å². The van der Waals surface area contributed by atoms with Gasteiger partial charge in [0, 0.05) is 22.7 Å².